The molecule has 0 aromatic heterocycles. The van der Waals surface area contributed by atoms with E-state index in [0.717, 1.165) is 24.9 Å². The van der Waals surface area contributed by atoms with Crippen LogP contribution in [0.5, 0.6) is 0 Å². The maximum absolute atomic E-state index is 12.5. The Morgan fingerprint density at radius 2 is 2.08 bits per heavy atom. The van der Waals surface area contributed by atoms with Crippen LogP contribution >= 0.6 is 11.6 Å². The maximum atomic E-state index is 12.5. The van der Waals surface area contributed by atoms with Crippen LogP contribution in [-0.4, -0.2) is 54.1 Å². The Morgan fingerprint density at radius 1 is 1.29 bits per heavy atom. The Labute approximate surface area is 147 Å². The third kappa shape index (κ3) is 3.66. The number of carbonyl (C=O) groups is 2. The van der Waals surface area contributed by atoms with Gasteiger partial charge >= 0.3 is 6.09 Å². The Hall–Kier alpha value is -1.75. The minimum Gasteiger partial charge on any atom is -0.441 e. The number of nitrogens with zero attached hydrogens (tertiary/aromatic N) is 2. The number of hydrogen-bond donors (Lipinski definition) is 0. The van der Waals surface area contributed by atoms with E-state index in [1.165, 1.54) is 0 Å². The molecule has 0 N–H and O–H groups in total. The highest BCUT2D eigenvalue weighted by molar-refractivity contribution is 6.31. The molecule has 6 heteroatoms. The van der Waals surface area contributed by atoms with Crippen LogP contribution in [0.3, 0.4) is 0 Å². The van der Waals surface area contributed by atoms with Gasteiger partial charge in [0.05, 0.1) is 6.54 Å². The highest BCUT2D eigenvalue weighted by Gasteiger charge is 2.44. The van der Waals surface area contributed by atoms with Crippen LogP contribution in [0.25, 0.3) is 0 Å². The van der Waals surface area contributed by atoms with E-state index in [1.54, 1.807) is 11.9 Å². The Balaban J connectivity index is 1.55. The second kappa shape index (κ2) is 7.01. The number of benzene rings is 1. The number of hydrogen-bond acceptors (Lipinski definition) is 3. The Morgan fingerprint density at radius 3 is 2.79 bits per heavy atom. The topological polar surface area (TPSA) is 49.9 Å². The molecule has 0 aliphatic carbocycles. The van der Waals surface area contributed by atoms with Crippen LogP contribution in [0.1, 0.15) is 31.2 Å². The van der Waals surface area contributed by atoms with Gasteiger partial charge in [-0.2, -0.15) is 0 Å². The summed E-state index contributed by atoms with van der Waals surface area (Å²) in [4.78, 5) is 27.7. The zero-order valence-electron chi connectivity index (χ0n) is 14.0. The van der Waals surface area contributed by atoms with Crippen molar-refractivity contribution >= 4 is 23.6 Å². The van der Waals surface area contributed by atoms with Gasteiger partial charge in [-0.3, -0.25) is 4.79 Å². The number of likely N-dealkylation sites (tertiary alicyclic amines) is 1. The lowest BCUT2D eigenvalue weighted by Crippen LogP contribution is -2.36. The monoisotopic (exact) mass is 350 g/mol. The molecule has 130 valence electrons. The number of likely N-dealkylation sites (N-methyl/N-ethyl adjacent to an activating group) is 1. The van der Waals surface area contributed by atoms with E-state index < -0.39 is 5.60 Å². The van der Waals surface area contributed by atoms with Crippen molar-refractivity contribution in [1.29, 1.82) is 0 Å². The molecule has 2 fully saturated rings. The van der Waals surface area contributed by atoms with Crippen molar-refractivity contribution in [2.24, 2.45) is 0 Å². The van der Waals surface area contributed by atoms with E-state index in [4.69, 9.17) is 16.3 Å². The van der Waals surface area contributed by atoms with E-state index in [2.05, 4.69) is 0 Å². The smallest absolute Gasteiger partial charge is 0.410 e. The summed E-state index contributed by atoms with van der Waals surface area (Å²) in [6, 6.07) is 7.64. The van der Waals surface area contributed by atoms with E-state index in [1.807, 2.05) is 29.2 Å². The van der Waals surface area contributed by atoms with Crippen LogP contribution in [0, 0.1) is 0 Å². The molecule has 1 spiro atoms. The normalized spacial score (nSPS) is 24.2. The average Bonchev–Trinajstić information content (AvgIpc) is 2.72. The third-order valence-corrected chi connectivity index (χ3v) is 5.33. The number of aryl methyl sites for hydroxylation is 1. The SMILES string of the molecule is CN1C[C@]2(CCCN(C(=O)CCc3ccccc3Cl)CC2)OC1=O. The molecule has 2 amide bonds. The zero-order chi connectivity index (χ0) is 17.2. The molecule has 2 aliphatic heterocycles. The summed E-state index contributed by atoms with van der Waals surface area (Å²) < 4.78 is 5.59. The Kier molecular flexibility index (Phi) is 4.99. The first-order valence-electron chi connectivity index (χ1n) is 8.44. The van der Waals surface area contributed by atoms with Crippen molar-refractivity contribution in [3.05, 3.63) is 34.9 Å². The van der Waals surface area contributed by atoms with Gasteiger partial charge < -0.3 is 14.5 Å². The standard InChI is InChI=1S/C18H23ClN2O3/c1-20-13-18(24-17(20)23)9-4-11-21(12-10-18)16(22)8-7-14-5-2-3-6-15(14)19/h2-3,5-6H,4,7-13H2,1H3/t18-/m1/s1. The molecular weight excluding hydrogens is 328 g/mol. The molecule has 1 aromatic carbocycles. The Bertz CT molecular complexity index is 636. The van der Waals surface area contributed by atoms with E-state index >= 15 is 0 Å². The molecule has 0 radical (unpaired) electrons. The summed E-state index contributed by atoms with van der Waals surface area (Å²) in [5.41, 5.74) is 0.592. The van der Waals surface area contributed by atoms with Crippen molar-refractivity contribution in [3.63, 3.8) is 0 Å². The fourth-order valence-corrected chi connectivity index (χ4v) is 3.80. The first-order chi connectivity index (χ1) is 11.5. The third-order valence-electron chi connectivity index (χ3n) is 4.96. The highest BCUT2D eigenvalue weighted by Crippen LogP contribution is 2.32. The molecule has 1 atom stereocenters. The average molecular weight is 351 g/mol. The second-order valence-electron chi connectivity index (χ2n) is 6.73. The van der Waals surface area contributed by atoms with Crippen molar-refractivity contribution in [3.8, 4) is 0 Å². The lowest BCUT2D eigenvalue weighted by Gasteiger charge is -2.25. The van der Waals surface area contributed by atoms with Crippen LogP contribution in [0.2, 0.25) is 5.02 Å². The fraction of sp³-hybridized carbons (Fsp3) is 0.556. The van der Waals surface area contributed by atoms with Gasteiger partial charge in [-0.1, -0.05) is 29.8 Å². The number of rotatable bonds is 3. The summed E-state index contributed by atoms with van der Waals surface area (Å²) >= 11 is 6.15. The summed E-state index contributed by atoms with van der Waals surface area (Å²) in [7, 11) is 1.76. The van der Waals surface area contributed by atoms with Crippen molar-refractivity contribution < 1.29 is 14.3 Å². The first-order valence-corrected chi connectivity index (χ1v) is 8.82. The minimum absolute atomic E-state index is 0.143. The van der Waals surface area contributed by atoms with E-state index in [0.29, 0.717) is 37.4 Å². The van der Waals surface area contributed by atoms with Crippen molar-refractivity contribution in [2.75, 3.05) is 26.7 Å². The molecule has 0 unspecified atom stereocenters. The summed E-state index contributed by atoms with van der Waals surface area (Å²) in [5.74, 6) is 0.143. The summed E-state index contributed by atoms with van der Waals surface area (Å²) in [6.07, 6.45) is 3.24. The molecule has 3 rings (SSSR count). The van der Waals surface area contributed by atoms with Crippen LogP contribution in [0.15, 0.2) is 24.3 Å². The summed E-state index contributed by atoms with van der Waals surface area (Å²) in [6.45, 7) is 1.99. The first kappa shape index (κ1) is 17.1. The predicted molar refractivity (Wildman–Crippen MR) is 92.0 cm³/mol. The van der Waals surface area contributed by atoms with Gasteiger partial charge in [-0.05, 0) is 30.9 Å². The van der Waals surface area contributed by atoms with Crippen LogP contribution in [0.4, 0.5) is 4.79 Å². The summed E-state index contributed by atoms with van der Waals surface area (Å²) in [5, 5.41) is 0.709. The van der Waals surface area contributed by atoms with Gasteiger partial charge in [0.1, 0.15) is 5.60 Å². The van der Waals surface area contributed by atoms with Gasteiger partial charge in [0, 0.05) is 38.0 Å². The number of ether oxygens (including phenoxy) is 1. The highest BCUT2D eigenvalue weighted by atomic mass is 35.5. The lowest BCUT2D eigenvalue weighted by molar-refractivity contribution is -0.131. The number of halogens is 1. The van der Waals surface area contributed by atoms with Gasteiger partial charge in [0.25, 0.3) is 0 Å². The van der Waals surface area contributed by atoms with Crippen LogP contribution in [-0.2, 0) is 16.0 Å². The van der Waals surface area contributed by atoms with Gasteiger partial charge in [-0.25, -0.2) is 4.79 Å². The molecule has 0 bridgehead atoms. The molecule has 2 aliphatic rings. The molecule has 2 saturated heterocycles. The maximum Gasteiger partial charge on any atom is 0.410 e. The molecular formula is C18H23ClN2O3. The number of amides is 2. The minimum atomic E-state index is -0.413. The van der Waals surface area contributed by atoms with Crippen LogP contribution < -0.4 is 0 Å². The van der Waals surface area contributed by atoms with Crippen molar-refractivity contribution in [1.82, 2.24) is 9.80 Å². The lowest BCUT2D eigenvalue weighted by atomic mass is 9.95. The van der Waals surface area contributed by atoms with E-state index in [9.17, 15) is 9.59 Å². The largest absolute Gasteiger partial charge is 0.441 e. The molecule has 0 saturated carbocycles. The van der Waals surface area contributed by atoms with Gasteiger partial charge in [0.2, 0.25) is 5.91 Å². The number of carbonyl (C=O) groups excluding carboxylic acids is 2. The quantitative estimate of drug-likeness (QED) is 0.841. The second-order valence-corrected chi connectivity index (χ2v) is 7.14. The fourth-order valence-electron chi connectivity index (χ4n) is 3.57. The molecule has 1 aromatic rings. The zero-order valence-corrected chi connectivity index (χ0v) is 14.7. The van der Waals surface area contributed by atoms with Crippen molar-refractivity contribution in [2.45, 2.75) is 37.7 Å². The molecule has 5 nitrogen and oxygen atoms in total. The molecule has 2 heterocycles. The van der Waals surface area contributed by atoms with Gasteiger partial charge in [-0.15, -0.1) is 0 Å². The van der Waals surface area contributed by atoms with Gasteiger partial charge in [0.15, 0.2) is 0 Å². The predicted octanol–water partition coefficient (Wildman–Crippen LogP) is 3.11. The van der Waals surface area contributed by atoms with E-state index in [-0.39, 0.29) is 12.0 Å². The molecule has 24 heavy (non-hydrogen) atoms.